The lowest BCUT2D eigenvalue weighted by molar-refractivity contribution is 0.532. The van der Waals surface area contributed by atoms with Crippen LogP contribution in [0.3, 0.4) is 0 Å². The van der Waals surface area contributed by atoms with Gasteiger partial charge in [0.05, 0.1) is 6.20 Å². The zero-order valence-corrected chi connectivity index (χ0v) is 10.8. The average Bonchev–Trinajstić information content (AvgIpc) is 2.78. The fraction of sp³-hybridized carbons (Fsp3) is 0.357. The van der Waals surface area contributed by atoms with Gasteiger partial charge in [-0.2, -0.15) is 5.10 Å². The molecule has 1 aromatic heterocycles. The molecule has 0 aliphatic carbocycles. The van der Waals surface area contributed by atoms with E-state index >= 15 is 0 Å². The summed E-state index contributed by atoms with van der Waals surface area (Å²) in [6.07, 6.45) is 3.61. The van der Waals surface area contributed by atoms with Gasteiger partial charge in [0.2, 0.25) is 0 Å². The van der Waals surface area contributed by atoms with Crippen LogP contribution < -0.4 is 5.32 Å². The zero-order chi connectivity index (χ0) is 13.7. The van der Waals surface area contributed by atoms with Crippen LogP contribution >= 0.6 is 0 Å². The van der Waals surface area contributed by atoms with Gasteiger partial charge in [0.25, 0.3) is 0 Å². The van der Waals surface area contributed by atoms with Gasteiger partial charge in [-0.05, 0) is 44.0 Å². The van der Waals surface area contributed by atoms with E-state index in [9.17, 15) is 8.78 Å². The molecule has 2 aromatic rings. The van der Waals surface area contributed by atoms with Crippen LogP contribution in [-0.4, -0.2) is 16.7 Å². The fourth-order valence-electron chi connectivity index (χ4n) is 1.95. The molecule has 3 nitrogen and oxygen atoms in total. The number of rotatable bonds is 6. The third kappa shape index (κ3) is 3.61. The van der Waals surface area contributed by atoms with Crippen molar-refractivity contribution in [2.45, 2.75) is 26.3 Å². The lowest BCUT2D eigenvalue weighted by atomic mass is 10.1. The maximum absolute atomic E-state index is 13.3. The van der Waals surface area contributed by atoms with E-state index in [-0.39, 0.29) is 12.1 Å². The Kier molecular flexibility index (Phi) is 4.63. The van der Waals surface area contributed by atoms with E-state index in [4.69, 9.17) is 0 Å². The highest BCUT2D eigenvalue weighted by atomic mass is 19.1. The molecular weight excluding hydrogens is 248 g/mol. The third-order valence-electron chi connectivity index (χ3n) is 3.10. The first-order valence-corrected chi connectivity index (χ1v) is 6.31. The Bertz CT molecular complexity index is 517. The number of H-pyrrole nitrogens is 1. The van der Waals surface area contributed by atoms with Gasteiger partial charge < -0.3 is 5.32 Å². The van der Waals surface area contributed by atoms with Crippen molar-refractivity contribution in [2.75, 3.05) is 6.54 Å². The molecule has 0 aliphatic rings. The smallest absolute Gasteiger partial charge is 0.130 e. The van der Waals surface area contributed by atoms with Crippen molar-refractivity contribution in [3.8, 4) is 0 Å². The molecule has 0 amide bonds. The van der Waals surface area contributed by atoms with Crippen LogP contribution in [-0.2, 0) is 13.0 Å². The number of aromatic nitrogens is 2. The van der Waals surface area contributed by atoms with Gasteiger partial charge in [-0.15, -0.1) is 0 Å². The first kappa shape index (κ1) is 13.7. The molecular formula is C14H17F2N3. The molecule has 2 rings (SSSR count). The highest BCUT2D eigenvalue weighted by Crippen LogP contribution is 2.11. The Morgan fingerprint density at radius 3 is 2.63 bits per heavy atom. The van der Waals surface area contributed by atoms with Crippen molar-refractivity contribution in [1.29, 1.82) is 0 Å². The second-order valence-corrected chi connectivity index (χ2v) is 4.50. The van der Waals surface area contributed by atoms with E-state index in [0.29, 0.717) is 6.54 Å². The van der Waals surface area contributed by atoms with Crippen molar-refractivity contribution >= 4 is 0 Å². The maximum Gasteiger partial charge on any atom is 0.130 e. The fourth-order valence-corrected chi connectivity index (χ4v) is 1.95. The van der Waals surface area contributed by atoms with Crippen LogP contribution in [0.5, 0.6) is 0 Å². The molecule has 0 radical (unpaired) electrons. The van der Waals surface area contributed by atoms with Crippen molar-refractivity contribution in [2.24, 2.45) is 0 Å². The number of halogens is 2. The Hall–Kier alpha value is -1.75. The maximum atomic E-state index is 13.3. The molecule has 0 aliphatic heterocycles. The van der Waals surface area contributed by atoms with E-state index in [1.807, 2.05) is 13.1 Å². The van der Waals surface area contributed by atoms with Crippen molar-refractivity contribution < 1.29 is 8.78 Å². The van der Waals surface area contributed by atoms with Gasteiger partial charge in [0.15, 0.2) is 0 Å². The average molecular weight is 265 g/mol. The molecule has 1 aromatic carbocycles. The predicted octanol–water partition coefficient (Wildman–Crippen LogP) is 2.72. The SMILES string of the molecule is Cc1[nH]ncc1CCCNCc1c(F)cccc1F. The van der Waals surface area contributed by atoms with E-state index in [1.54, 1.807) is 0 Å². The van der Waals surface area contributed by atoms with Gasteiger partial charge in [-0.25, -0.2) is 8.78 Å². The highest BCUT2D eigenvalue weighted by molar-refractivity contribution is 5.19. The summed E-state index contributed by atoms with van der Waals surface area (Å²) in [6.45, 7) is 2.89. The molecule has 0 atom stereocenters. The lowest BCUT2D eigenvalue weighted by Crippen LogP contribution is -2.17. The van der Waals surface area contributed by atoms with Crippen LogP contribution in [0.25, 0.3) is 0 Å². The topological polar surface area (TPSA) is 40.7 Å². The summed E-state index contributed by atoms with van der Waals surface area (Å²) in [5.74, 6) is -1.00. The number of hydrogen-bond donors (Lipinski definition) is 2. The summed E-state index contributed by atoms with van der Waals surface area (Å²) in [6, 6.07) is 3.92. The van der Waals surface area contributed by atoms with Crippen LogP contribution in [0.1, 0.15) is 23.2 Å². The second-order valence-electron chi connectivity index (χ2n) is 4.50. The van der Waals surface area contributed by atoms with Crippen LogP contribution in [0.2, 0.25) is 0 Å². The number of hydrogen-bond acceptors (Lipinski definition) is 2. The molecule has 0 unspecified atom stereocenters. The molecule has 5 heteroatoms. The van der Waals surface area contributed by atoms with Crippen molar-refractivity contribution in [1.82, 2.24) is 15.5 Å². The quantitative estimate of drug-likeness (QED) is 0.788. The molecule has 0 saturated heterocycles. The van der Waals surface area contributed by atoms with E-state index < -0.39 is 11.6 Å². The van der Waals surface area contributed by atoms with E-state index in [1.165, 1.54) is 23.8 Å². The van der Waals surface area contributed by atoms with Gasteiger partial charge in [-0.1, -0.05) is 6.07 Å². The van der Waals surface area contributed by atoms with Gasteiger partial charge in [-0.3, -0.25) is 5.10 Å². The molecule has 0 fully saturated rings. The molecule has 102 valence electrons. The first-order valence-electron chi connectivity index (χ1n) is 6.31. The molecule has 0 saturated carbocycles. The molecule has 1 heterocycles. The van der Waals surface area contributed by atoms with Crippen LogP contribution in [0, 0.1) is 18.6 Å². The third-order valence-corrected chi connectivity index (χ3v) is 3.10. The molecule has 2 N–H and O–H groups in total. The van der Waals surface area contributed by atoms with E-state index in [0.717, 1.165) is 18.5 Å². The standard InChI is InChI=1S/C14H17F2N3/c1-10-11(8-18-19-10)4-3-7-17-9-12-13(15)5-2-6-14(12)16/h2,5-6,8,17H,3-4,7,9H2,1H3,(H,18,19). The summed E-state index contributed by atoms with van der Waals surface area (Å²) >= 11 is 0. The lowest BCUT2D eigenvalue weighted by Gasteiger charge is -2.07. The largest absolute Gasteiger partial charge is 0.312 e. The van der Waals surface area contributed by atoms with Crippen molar-refractivity contribution in [3.05, 3.63) is 52.9 Å². The second kappa shape index (κ2) is 6.43. The van der Waals surface area contributed by atoms with Gasteiger partial charge >= 0.3 is 0 Å². The first-order chi connectivity index (χ1) is 9.18. The predicted molar refractivity (Wildman–Crippen MR) is 69.7 cm³/mol. The van der Waals surface area contributed by atoms with Crippen LogP contribution in [0.15, 0.2) is 24.4 Å². The number of nitrogens with zero attached hydrogens (tertiary/aromatic N) is 1. The normalized spacial score (nSPS) is 10.9. The van der Waals surface area contributed by atoms with Gasteiger partial charge in [0, 0.05) is 17.8 Å². The minimum atomic E-state index is -0.502. The van der Waals surface area contributed by atoms with Crippen LogP contribution in [0.4, 0.5) is 8.78 Å². The zero-order valence-electron chi connectivity index (χ0n) is 10.8. The highest BCUT2D eigenvalue weighted by Gasteiger charge is 2.07. The number of nitrogens with one attached hydrogen (secondary N) is 2. The summed E-state index contributed by atoms with van der Waals surface area (Å²) in [4.78, 5) is 0. The monoisotopic (exact) mass is 265 g/mol. The summed E-state index contributed by atoms with van der Waals surface area (Å²) in [5.41, 5.74) is 2.35. The summed E-state index contributed by atoms with van der Waals surface area (Å²) < 4.78 is 26.7. The minimum Gasteiger partial charge on any atom is -0.312 e. The summed E-state index contributed by atoms with van der Waals surface area (Å²) in [5, 5.41) is 9.88. The van der Waals surface area contributed by atoms with Gasteiger partial charge in [0.1, 0.15) is 11.6 Å². The molecule has 0 spiro atoms. The number of aromatic amines is 1. The Balaban J connectivity index is 1.74. The number of benzene rings is 1. The Morgan fingerprint density at radius 2 is 2.00 bits per heavy atom. The molecule has 19 heavy (non-hydrogen) atoms. The van der Waals surface area contributed by atoms with Crippen molar-refractivity contribution in [3.63, 3.8) is 0 Å². The molecule has 0 bridgehead atoms. The minimum absolute atomic E-state index is 0.0991. The van der Waals surface area contributed by atoms with E-state index in [2.05, 4.69) is 15.5 Å². The Morgan fingerprint density at radius 1 is 1.26 bits per heavy atom. The number of aryl methyl sites for hydroxylation is 2. The summed E-state index contributed by atoms with van der Waals surface area (Å²) in [7, 11) is 0. The Labute approximate surface area is 111 Å².